The lowest BCUT2D eigenvalue weighted by atomic mass is 9.97. The van der Waals surface area contributed by atoms with E-state index in [1.807, 2.05) is 30.1 Å². The van der Waals surface area contributed by atoms with Crippen LogP contribution in [0.15, 0.2) is 47.5 Å². The predicted molar refractivity (Wildman–Crippen MR) is 93.3 cm³/mol. The number of carbonyl (C=O) groups excluding carboxylic acids is 1. The molecule has 1 aromatic carbocycles. The summed E-state index contributed by atoms with van der Waals surface area (Å²) >= 11 is 0. The number of fused-ring (bicyclic) bond motifs is 1. The molecule has 1 saturated heterocycles. The van der Waals surface area contributed by atoms with Crippen LogP contribution in [0.3, 0.4) is 0 Å². The molecule has 1 amide bonds. The number of ether oxygens (including phenoxy) is 1. The molecule has 1 aliphatic rings. The Balaban J connectivity index is 1.52. The van der Waals surface area contributed by atoms with Crippen LogP contribution in [0.25, 0.3) is 11.0 Å². The van der Waals surface area contributed by atoms with Gasteiger partial charge in [-0.1, -0.05) is 12.1 Å². The Bertz CT molecular complexity index is 883. The molecule has 6 heteroatoms. The van der Waals surface area contributed by atoms with Crippen LogP contribution in [0, 0.1) is 5.92 Å². The van der Waals surface area contributed by atoms with Gasteiger partial charge in [0.1, 0.15) is 11.3 Å². The summed E-state index contributed by atoms with van der Waals surface area (Å²) in [6.07, 6.45) is 5.98. The third-order valence-corrected chi connectivity index (χ3v) is 4.64. The molecule has 25 heavy (non-hydrogen) atoms. The Morgan fingerprint density at radius 2 is 2.28 bits per heavy atom. The lowest BCUT2D eigenvalue weighted by molar-refractivity contribution is 0.0732. The van der Waals surface area contributed by atoms with Crippen LogP contribution in [-0.4, -0.2) is 46.7 Å². The normalized spacial score (nSPS) is 18.4. The Labute approximate surface area is 146 Å². The lowest BCUT2D eigenvalue weighted by Crippen LogP contribution is -2.36. The molecule has 1 atom stereocenters. The number of nitrogens with zero attached hydrogens (tertiary/aromatic N) is 3. The first kappa shape index (κ1) is 15.9. The molecule has 2 aromatic heterocycles. The van der Waals surface area contributed by atoms with Crippen LogP contribution in [0.4, 0.5) is 0 Å². The number of rotatable bonds is 3. The summed E-state index contributed by atoms with van der Waals surface area (Å²) in [6.45, 7) is 2.48. The Morgan fingerprint density at radius 3 is 3.12 bits per heavy atom. The van der Waals surface area contributed by atoms with E-state index in [4.69, 9.17) is 9.15 Å². The molecule has 130 valence electrons. The minimum atomic E-state index is -0.0300. The average molecular weight is 339 g/mol. The van der Waals surface area contributed by atoms with Gasteiger partial charge in [0.05, 0.1) is 25.8 Å². The van der Waals surface area contributed by atoms with E-state index in [9.17, 15) is 4.79 Å². The molecule has 0 radical (unpaired) electrons. The topological polar surface area (TPSA) is 60.5 Å². The summed E-state index contributed by atoms with van der Waals surface area (Å²) in [7, 11) is 1.86. The Morgan fingerprint density at radius 1 is 1.36 bits per heavy atom. The van der Waals surface area contributed by atoms with Crippen molar-refractivity contribution in [2.24, 2.45) is 13.0 Å². The highest BCUT2D eigenvalue weighted by Crippen LogP contribution is 2.24. The number of hydrogen-bond donors (Lipinski definition) is 0. The SMILES string of the molecule is Cn1cnc(C(=O)N2CCOC[C@H](Cc3cccc4occc34)C2)c1. The van der Waals surface area contributed by atoms with Gasteiger partial charge >= 0.3 is 0 Å². The minimum Gasteiger partial charge on any atom is -0.464 e. The summed E-state index contributed by atoms with van der Waals surface area (Å²) in [5.74, 6) is 0.216. The van der Waals surface area contributed by atoms with Gasteiger partial charge in [0.15, 0.2) is 0 Å². The van der Waals surface area contributed by atoms with Gasteiger partial charge in [-0.25, -0.2) is 4.98 Å². The van der Waals surface area contributed by atoms with Gasteiger partial charge in [-0.3, -0.25) is 4.79 Å². The largest absolute Gasteiger partial charge is 0.464 e. The maximum atomic E-state index is 12.7. The number of aryl methyl sites for hydroxylation is 1. The highest BCUT2D eigenvalue weighted by atomic mass is 16.5. The zero-order chi connectivity index (χ0) is 17.2. The van der Waals surface area contributed by atoms with Gasteiger partial charge < -0.3 is 18.6 Å². The predicted octanol–water partition coefficient (Wildman–Crippen LogP) is 2.50. The first-order chi connectivity index (χ1) is 12.2. The second-order valence-electron chi connectivity index (χ2n) is 6.57. The van der Waals surface area contributed by atoms with E-state index in [-0.39, 0.29) is 11.8 Å². The van der Waals surface area contributed by atoms with Gasteiger partial charge in [-0.15, -0.1) is 0 Å². The minimum absolute atomic E-state index is 0.0300. The van der Waals surface area contributed by atoms with Gasteiger partial charge in [0.2, 0.25) is 0 Å². The van der Waals surface area contributed by atoms with E-state index < -0.39 is 0 Å². The number of furan rings is 1. The second-order valence-corrected chi connectivity index (χ2v) is 6.57. The molecular formula is C19H21N3O3. The molecule has 6 nitrogen and oxygen atoms in total. The summed E-state index contributed by atoms with van der Waals surface area (Å²) in [5.41, 5.74) is 2.61. The third kappa shape index (κ3) is 3.30. The Hall–Kier alpha value is -2.60. The lowest BCUT2D eigenvalue weighted by Gasteiger charge is -2.23. The fourth-order valence-electron chi connectivity index (χ4n) is 3.42. The van der Waals surface area contributed by atoms with Crippen molar-refractivity contribution in [1.82, 2.24) is 14.5 Å². The van der Waals surface area contributed by atoms with E-state index in [2.05, 4.69) is 11.1 Å². The van der Waals surface area contributed by atoms with Crippen LogP contribution >= 0.6 is 0 Å². The standard InChI is InChI=1S/C19H21N3O3/c1-21-11-17(20-13-21)19(23)22-6-8-24-12-14(10-22)9-15-3-2-4-18-16(15)5-7-25-18/h2-5,7,11,13-14H,6,8-10,12H2,1H3/t14-/m1/s1. The zero-order valence-corrected chi connectivity index (χ0v) is 14.2. The number of benzene rings is 1. The van der Waals surface area contributed by atoms with Crippen LogP contribution in [0.2, 0.25) is 0 Å². The summed E-state index contributed by atoms with van der Waals surface area (Å²) < 4.78 is 13.0. The fourth-order valence-corrected chi connectivity index (χ4v) is 3.42. The van der Waals surface area contributed by atoms with E-state index >= 15 is 0 Å². The van der Waals surface area contributed by atoms with Crippen molar-refractivity contribution in [1.29, 1.82) is 0 Å². The molecule has 3 heterocycles. The van der Waals surface area contributed by atoms with Gasteiger partial charge in [0.25, 0.3) is 5.91 Å². The van der Waals surface area contributed by atoms with Gasteiger partial charge in [-0.2, -0.15) is 0 Å². The molecule has 0 bridgehead atoms. The van der Waals surface area contributed by atoms with Crippen molar-refractivity contribution in [3.63, 3.8) is 0 Å². The van der Waals surface area contributed by atoms with E-state index in [0.29, 0.717) is 32.0 Å². The fraction of sp³-hybridized carbons (Fsp3) is 0.368. The quantitative estimate of drug-likeness (QED) is 0.736. The molecule has 0 saturated carbocycles. The highest BCUT2D eigenvalue weighted by molar-refractivity contribution is 5.92. The van der Waals surface area contributed by atoms with Crippen LogP contribution < -0.4 is 0 Å². The summed E-state index contributed by atoms with van der Waals surface area (Å²) in [5, 5.41) is 1.13. The molecule has 0 spiro atoms. The van der Waals surface area contributed by atoms with Crippen molar-refractivity contribution in [3.8, 4) is 0 Å². The van der Waals surface area contributed by atoms with Crippen LogP contribution in [0.1, 0.15) is 16.1 Å². The number of amides is 1. The number of imidazole rings is 1. The van der Waals surface area contributed by atoms with Crippen molar-refractivity contribution in [3.05, 3.63) is 54.3 Å². The van der Waals surface area contributed by atoms with Crippen LogP contribution in [-0.2, 0) is 18.2 Å². The van der Waals surface area contributed by atoms with E-state index in [0.717, 1.165) is 17.4 Å². The second kappa shape index (κ2) is 6.72. The smallest absolute Gasteiger partial charge is 0.274 e. The first-order valence-corrected chi connectivity index (χ1v) is 8.51. The number of hydrogen-bond acceptors (Lipinski definition) is 4. The third-order valence-electron chi connectivity index (χ3n) is 4.64. The first-order valence-electron chi connectivity index (χ1n) is 8.51. The molecule has 4 rings (SSSR count). The van der Waals surface area contributed by atoms with Gasteiger partial charge in [0, 0.05) is 37.6 Å². The van der Waals surface area contributed by atoms with Crippen molar-refractivity contribution < 1.29 is 13.9 Å². The van der Waals surface area contributed by atoms with Crippen molar-refractivity contribution in [2.75, 3.05) is 26.3 Å². The van der Waals surface area contributed by atoms with E-state index in [1.54, 1.807) is 23.4 Å². The molecule has 0 unspecified atom stereocenters. The molecule has 0 N–H and O–H groups in total. The number of carbonyl (C=O) groups is 1. The summed E-state index contributed by atoms with van der Waals surface area (Å²) in [6, 6.07) is 8.10. The van der Waals surface area contributed by atoms with Crippen LogP contribution in [0.5, 0.6) is 0 Å². The van der Waals surface area contributed by atoms with E-state index in [1.165, 1.54) is 5.56 Å². The molecule has 3 aromatic rings. The summed E-state index contributed by atoms with van der Waals surface area (Å²) in [4.78, 5) is 18.8. The Kier molecular flexibility index (Phi) is 4.28. The highest BCUT2D eigenvalue weighted by Gasteiger charge is 2.25. The molecule has 1 aliphatic heterocycles. The monoisotopic (exact) mass is 339 g/mol. The average Bonchev–Trinajstić information content (AvgIpc) is 3.20. The van der Waals surface area contributed by atoms with Crippen molar-refractivity contribution >= 4 is 16.9 Å². The molecule has 1 fully saturated rings. The zero-order valence-electron chi connectivity index (χ0n) is 14.2. The number of aromatic nitrogens is 2. The maximum absolute atomic E-state index is 12.7. The molecule has 0 aliphatic carbocycles. The maximum Gasteiger partial charge on any atom is 0.274 e. The van der Waals surface area contributed by atoms with Crippen molar-refractivity contribution in [2.45, 2.75) is 6.42 Å². The molecular weight excluding hydrogens is 318 g/mol. The van der Waals surface area contributed by atoms with Gasteiger partial charge in [-0.05, 0) is 24.1 Å².